The highest BCUT2D eigenvalue weighted by Crippen LogP contribution is 2.34. The summed E-state index contributed by atoms with van der Waals surface area (Å²) in [6.07, 6.45) is 4.64. The molecule has 0 radical (unpaired) electrons. The van der Waals surface area contributed by atoms with Crippen molar-refractivity contribution in [3.63, 3.8) is 0 Å². The van der Waals surface area contributed by atoms with Gasteiger partial charge in [-0.05, 0) is 78.1 Å². The third-order valence-electron chi connectivity index (χ3n) is 8.97. The van der Waals surface area contributed by atoms with Gasteiger partial charge >= 0.3 is 5.97 Å². The molecule has 0 aromatic rings. The smallest absolute Gasteiger partial charge is 0.306 e. The van der Waals surface area contributed by atoms with E-state index in [4.69, 9.17) is 23.7 Å². The summed E-state index contributed by atoms with van der Waals surface area (Å²) < 4.78 is 30.0. The largest absolute Gasteiger partial charge is 0.462 e. The first-order valence-electron chi connectivity index (χ1n) is 16.9. The number of aliphatic hydroxyl groups excluding tert-OH is 1. The predicted molar refractivity (Wildman–Crippen MR) is 179 cm³/mol. The van der Waals surface area contributed by atoms with E-state index >= 15 is 0 Å². The maximum Gasteiger partial charge on any atom is 0.306 e. The van der Waals surface area contributed by atoms with Crippen LogP contribution in [-0.2, 0) is 42.9 Å². The first-order chi connectivity index (χ1) is 22.2. The highest BCUT2D eigenvalue weighted by Gasteiger charge is 2.38. The molecule has 1 N–H and O–H groups in total. The summed E-state index contributed by atoms with van der Waals surface area (Å²) in [6, 6.07) is 0. The molecule has 1 heterocycles. The van der Waals surface area contributed by atoms with Crippen molar-refractivity contribution in [3.05, 3.63) is 23.8 Å². The number of esters is 1. The molecule has 3 unspecified atom stereocenters. The maximum absolute atomic E-state index is 13.4. The van der Waals surface area contributed by atoms with Gasteiger partial charge in [0.15, 0.2) is 24.6 Å². The Morgan fingerprint density at radius 2 is 1.81 bits per heavy atom. The number of hydrogen-bond acceptors (Lipinski definition) is 11. The lowest BCUT2D eigenvalue weighted by Gasteiger charge is -2.38. The highest BCUT2D eigenvalue weighted by molar-refractivity contribution is 6.25. The van der Waals surface area contributed by atoms with Crippen molar-refractivity contribution in [1.29, 1.82) is 0 Å². The molecule has 270 valence electrons. The minimum atomic E-state index is -1.06. The number of carbonyl (C=O) groups is 4. The lowest BCUT2D eigenvalue weighted by molar-refractivity contribution is -0.236. The average Bonchev–Trinajstić information content (AvgIpc) is 3.05. The van der Waals surface area contributed by atoms with Gasteiger partial charge in [-0.2, -0.15) is 0 Å². The lowest BCUT2D eigenvalue weighted by atomic mass is 9.80. The molecule has 9 atom stereocenters. The van der Waals surface area contributed by atoms with Crippen molar-refractivity contribution in [1.82, 2.24) is 4.90 Å². The fourth-order valence-corrected chi connectivity index (χ4v) is 5.84. The topological polar surface area (TPSA) is 138 Å². The van der Waals surface area contributed by atoms with Crippen molar-refractivity contribution >= 4 is 23.8 Å². The van der Waals surface area contributed by atoms with Crippen LogP contribution in [-0.4, -0.2) is 106 Å². The summed E-state index contributed by atoms with van der Waals surface area (Å²) in [6.45, 7) is 11.6. The van der Waals surface area contributed by atoms with Gasteiger partial charge in [-0.3, -0.25) is 19.2 Å². The van der Waals surface area contributed by atoms with Gasteiger partial charge in [0.1, 0.15) is 6.10 Å². The number of rotatable bonds is 16. The standard InChI is InChI=1S/C36H61NO10/c1-11-32-29(21-38)18-23(2)12-14-30(40)25(4)19-28(20-34(43-9)44-10)35(24(3)13-15-33(42)46-32)47-36(27(6)31(41)22-39)45-26(5)16-17-37(7)8/h12,14,18,22,24-29,32,34-36,38H,11,13,15-17,19-21H2,1-10H3/b14-12+,23-18+/t24-,25+,26?,27?,28+,29+,32+,35+,36?/m0/s1. The van der Waals surface area contributed by atoms with Crippen molar-refractivity contribution in [3.8, 4) is 0 Å². The average molecular weight is 668 g/mol. The summed E-state index contributed by atoms with van der Waals surface area (Å²) in [7, 11) is 7.00. The molecule has 0 saturated carbocycles. The highest BCUT2D eigenvalue weighted by atomic mass is 16.7. The number of ketones is 2. The van der Waals surface area contributed by atoms with Crippen LogP contribution in [0.25, 0.3) is 0 Å². The van der Waals surface area contributed by atoms with Gasteiger partial charge in [0.2, 0.25) is 5.78 Å². The second-order valence-electron chi connectivity index (χ2n) is 13.3. The number of allylic oxidation sites excluding steroid dienone is 3. The van der Waals surface area contributed by atoms with Crippen LogP contribution in [0.3, 0.4) is 0 Å². The summed E-state index contributed by atoms with van der Waals surface area (Å²) in [5.74, 6) is -3.46. The van der Waals surface area contributed by atoms with Gasteiger partial charge < -0.3 is 33.7 Å². The molecule has 0 fully saturated rings. The number of cyclic esters (lactones) is 1. The number of Topliss-reactive ketones (excluding diaryl/α,β-unsaturated/α-hetero) is 1. The first-order valence-corrected chi connectivity index (χ1v) is 16.9. The van der Waals surface area contributed by atoms with Crippen molar-refractivity contribution in [2.75, 3.05) is 41.5 Å². The summed E-state index contributed by atoms with van der Waals surface area (Å²) >= 11 is 0. The molecule has 0 aromatic carbocycles. The predicted octanol–water partition coefficient (Wildman–Crippen LogP) is 4.54. The fourth-order valence-electron chi connectivity index (χ4n) is 5.84. The Bertz CT molecular complexity index is 1020. The summed E-state index contributed by atoms with van der Waals surface area (Å²) in [5.41, 5.74) is 0.772. The van der Waals surface area contributed by atoms with E-state index in [1.165, 1.54) is 6.08 Å². The quantitative estimate of drug-likeness (QED) is 0.107. The van der Waals surface area contributed by atoms with Crippen LogP contribution in [0.1, 0.15) is 80.1 Å². The second kappa shape index (κ2) is 22.4. The van der Waals surface area contributed by atoms with Crippen LogP contribution in [0, 0.1) is 29.6 Å². The van der Waals surface area contributed by atoms with Gasteiger partial charge in [0.25, 0.3) is 0 Å². The van der Waals surface area contributed by atoms with E-state index in [9.17, 15) is 24.3 Å². The fraction of sp³-hybridized carbons (Fsp3) is 0.778. The van der Waals surface area contributed by atoms with E-state index in [0.717, 1.165) is 12.1 Å². The maximum atomic E-state index is 13.4. The Labute approximate surface area is 282 Å². The van der Waals surface area contributed by atoms with Crippen LogP contribution < -0.4 is 0 Å². The molecule has 1 aliphatic rings. The zero-order valence-electron chi connectivity index (χ0n) is 30.3. The Morgan fingerprint density at radius 3 is 2.36 bits per heavy atom. The third-order valence-corrected chi connectivity index (χ3v) is 8.97. The van der Waals surface area contributed by atoms with E-state index in [0.29, 0.717) is 32.1 Å². The van der Waals surface area contributed by atoms with Gasteiger partial charge in [-0.1, -0.05) is 45.4 Å². The number of methoxy groups -OCH3 is 2. The minimum Gasteiger partial charge on any atom is -0.462 e. The van der Waals surface area contributed by atoms with E-state index < -0.39 is 54.3 Å². The SMILES string of the molecule is CC[C@H]1OC(=O)CC[C@H](C)[C@@H](OC(OC(C)CCN(C)C)C(C)C(=O)C=O)[C@@H](CC(OC)OC)C[C@@H](C)C(=O)/C=C/C(C)=C/[C@@H]1CO. The van der Waals surface area contributed by atoms with E-state index in [1.54, 1.807) is 27.2 Å². The van der Waals surface area contributed by atoms with Gasteiger partial charge in [0.05, 0.1) is 24.7 Å². The Hall–Kier alpha value is -2.28. The monoisotopic (exact) mass is 667 g/mol. The summed E-state index contributed by atoms with van der Waals surface area (Å²) in [5, 5.41) is 10.1. The van der Waals surface area contributed by atoms with Gasteiger partial charge in [-0.25, -0.2) is 0 Å². The molecule has 1 aliphatic heterocycles. The molecular weight excluding hydrogens is 606 g/mol. The molecule has 0 spiro atoms. The van der Waals surface area contributed by atoms with Crippen LogP contribution in [0.2, 0.25) is 0 Å². The van der Waals surface area contributed by atoms with E-state index in [-0.39, 0.29) is 43.0 Å². The number of ether oxygens (including phenoxy) is 5. The number of hydrogen-bond donors (Lipinski definition) is 1. The third kappa shape index (κ3) is 15.2. The second-order valence-corrected chi connectivity index (χ2v) is 13.3. The molecule has 47 heavy (non-hydrogen) atoms. The number of nitrogens with zero attached hydrogens (tertiary/aromatic N) is 1. The Balaban J connectivity index is 3.68. The molecule has 11 heteroatoms. The Morgan fingerprint density at radius 1 is 1.15 bits per heavy atom. The zero-order chi connectivity index (χ0) is 35.7. The molecular formula is C36H61NO10. The van der Waals surface area contributed by atoms with E-state index in [1.807, 2.05) is 59.7 Å². The van der Waals surface area contributed by atoms with Crippen molar-refractivity contribution < 1.29 is 48.0 Å². The molecule has 0 amide bonds. The number of aldehydes is 1. The molecule has 11 nitrogen and oxygen atoms in total. The number of aliphatic hydroxyl groups is 1. The zero-order valence-corrected chi connectivity index (χ0v) is 30.3. The van der Waals surface area contributed by atoms with Crippen LogP contribution in [0.5, 0.6) is 0 Å². The lowest BCUT2D eigenvalue weighted by Crippen LogP contribution is -2.43. The number of carbonyl (C=O) groups excluding carboxylic acids is 4. The molecule has 0 aliphatic carbocycles. The molecule has 0 bridgehead atoms. The molecule has 0 saturated heterocycles. The minimum absolute atomic E-state index is 0.0822. The van der Waals surface area contributed by atoms with Gasteiger partial charge in [-0.15, -0.1) is 0 Å². The first kappa shape index (κ1) is 42.7. The Kier molecular flexibility index (Phi) is 20.3. The van der Waals surface area contributed by atoms with Crippen LogP contribution in [0.15, 0.2) is 23.8 Å². The van der Waals surface area contributed by atoms with E-state index in [2.05, 4.69) is 0 Å². The molecule has 0 aromatic heterocycles. The van der Waals surface area contributed by atoms with Crippen LogP contribution >= 0.6 is 0 Å². The van der Waals surface area contributed by atoms with Crippen LogP contribution in [0.4, 0.5) is 0 Å². The molecule has 1 rings (SSSR count). The summed E-state index contributed by atoms with van der Waals surface area (Å²) in [4.78, 5) is 52.8. The van der Waals surface area contributed by atoms with Gasteiger partial charge in [0, 0.05) is 38.9 Å². The normalized spacial score (nSPS) is 29.1. The van der Waals surface area contributed by atoms with Crippen molar-refractivity contribution in [2.24, 2.45) is 29.6 Å². The van der Waals surface area contributed by atoms with Crippen molar-refractivity contribution in [2.45, 2.75) is 111 Å².